The van der Waals surface area contributed by atoms with Gasteiger partial charge in [-0.15, -0.1) is 0 Å². The number of amides is 1. The highest BCUT2D eigenvalue weighted by molar-refractivity contribution is 5.91. The molecular weight excluding hydrogens is 216 g/mol. The Labute approximate surface area is 102 Å². The molecule has 1 aromatic heterocycles. The van der Waals surface area contributed by atoms with Crippen molar-refractivity contribution in [3.63, 3.8) is 0 Å². The maximum Gasteiger partial charge on any atom is 0.271 e. The number of carbonyl (C=O) groups is 1. The van der Waals surface area contributed by atoms with E-state index in [0.29, 0.717) is 18.3 Å². The molecule has 0 radical (unpaired) electrons. The lowest BCUT2D eigenvalue weighted by Crippen LogP contribution is -2.29. The number of carbonyl (C=O) groups excluding carboxylic acids is 1. The fourth-order valence-electron chi connectivity index (χ4n) is 2.09. The van der Waals surface area contributed by atoms with Gasteiger partial charge in [-0.1, -0.05) is 6.92 Å². The first kappa shape index (κ1) is 12.1. The first-order chi connectivity index (χ1) is 8.31. The molecule has 1 aromatic rings. The lowest BCUT2D eigenvalue weighted by atomic mass is 10.1. The molecule has 0 unspecified atom stereocenters. The van der Waals surface area contributed by atoms with E-state index in [4.69, 9.17) is 0 Å². The van der Waals surface area contributed by atoms with Crippen LogP contribution in [-0.4, -0.2) is 35.1 Å². The number of aromatic nitrogens is 2. The number of hydrogen-bond acceptors (Lipinski definition) is 3. The van der Waals surface area contributed by atoms with Crippen LogP contribution >= 0.6 is 0 Å². The fraction of sp³-hybridized carbons (Fsp3) is 0.667. The second kappa shape index (κ2) is 5.82. The smallest absolute Gasteiger partial charge is 0.271 e. The molecule has 5 heteroatoms. The second-order valence-corrected chi connectivity index (χ2v) is 4.44. The number of nitrogens with zero attached hydrogens (tertiary/aromatic N) is 2. The van der Waals surface area contributed by atoms with Gasteiger partial charge in [0.05, 0.1) is 6.33 Å². The molecule has 2 heterocycles. The zero-order chi connectivity index (χ0) is 12.1. The summed E-state index contributed by atoms with van der Waals surface area (Å²) in [5, 5.41) is 6.17. The Hall–Kier alpha value is -1.36. The maximum absolute atomic E-state index is 11.7. The SMILES string of the molecule is CCCNC(=O)c1cn(C2CCNCC2)cn1. The second-order valence-electron chi connectivity index (χ2n) is 4.44. The molecule has 2 rings (SSSR count). The van der Waals surface area contributed by atoms with Gasteiger partial charge in [0.2, 0.25) is 0 Å². The van der Waals surface area contributed by atoms with Crippen molar-refractivity contribution >= 4 is 5.91 Å². The Morgan fingerprint density at radius 1 is 1.59 bits per heavy atom. The Balaban J connectivity index is 1.97. The van der Waals surface area contributed by atoms with Crippen molar-refractivity contribution in [3.05, 3.63) is 18.2 Å². The van der Waals surface area contributed by atoms with E-state index in [0.717, 1.165) is 32.4 Å². The van der Waals surface area contributed by atoms with E-state index in [9.17, 15) is 4.79 Å². The van der Waals surface area contributed by atoms with Gasteiger partial charge in [0.25, 0.3) is 5.91 Å². The molecule has 0 atom stereocenters. The van der Waals surface area contributed by atoms with Gasteiger partial charge < -0.3 is 15.2 Å². The molecule has 1 amide bonds. The van der Waals surface area contributed by atoms with Crippen LogP contribution in [0, 0.1) is 0 Å². The molecule has 1 aliphatic rings. The number of nitrogens with one attached hydrogen (secondary N) is 2. The van der Waals surface area contributed by atoms with Crippen LogP contribution in [0.5, 0.6) is 0 Å². The minimum Gasteiger partial charge on any atom is -0.351 e. The molecule has 1 saturated heterocycles. The van der Waals surface area contributed by atoms with E-state index < -0.39 is 0 Å². The van der Waals surface area contributed by atoms with Crippen LogP contribution in [0.2, 0.25) is 0 Å². The number of hydrogen-bond donors (Lipinski definition) is 2. The Morgan fingerprint density at radius 2 is 2.35 bits per heavy atom. The van der Waals surface area contributed by atoms with Crippen LogP contribution in [0.4, 0.5) is 0 Å². The van der Waals surface area contributed by atoms with Gasteiger partial charge in [-0.3, -0.25) is 4.79 Å². The molecule has 0 spiro atoms. The van der Waals surface area contributed by atoms with Gasteiger partial charge in [-0.05, 0) is 32.4 Å². The maximum atomic E-state index is 11.7. The number of imidazole rings is 1. The first-order valence-corrected chi connectivity index (χ1v) is 6.33. The van der Waals surface area contributed by atoms with Crippen LogP contribution in [0.1, 0.15) is 42.7 Å². The van der Waals surface area contributed by atoms with Crippen molar-refractivity contribution < 1.29 is 4.79 Å². The third-order valence-electron chi connectivity index (χ3n) is 3.10. The van der Waals surface area contributed by atoms with E-state index in [1.165, 1.54) is 0 Å². The zero-order valence-electron chi connectivity index (χ0n) is 10.3. The average molecular weight is 236 g/mol. The third kappa shape index (κ3) is 3.06. The summed E-state index contributed by atoms with van der Waals surface area (Å²) in [6, 6.07) is 0.483. The summed E-state index contributed by atoms with van der Waals surface area (Å²) in [4.78, 5) is 15.9. The molecule has 5 nitrogen and oxygen atoms in total. The third-order valence-corrected chi connectivity index (χ3v) is 3.10. The topological polar surface area (TPSA) is 59.0 Å². The summed E-state index contributed by atoms with van der Waals surface area (Å²) in [6.45, 7) is 4.83. The van der Waals surface area contributed by atoms with Crippen molar-refractivity contribution in [2.75, 3.05) is 19.6 Å². The monoisotopic (exact) mass is 236 g/mol. The van der Waals surface area contributed by atoms with Gasteiger partial charge in [-0.25, -0.2) is 4.98 Å². The first-order valence-electron chi connectivity index (χ1n) is 6.33. The van der Waals surface area contributed by atoms with E-state index in [-0.39, 0.29) is 5.91 Å². The Kier molecular flexibility index (Phi) is 4.14. The van der Waals surface area contributed by atoms with Gasteiger partial charge in [0, 0.05) is 18.8 Å². The van der Waals surface area contributed by atoms with E-state index >= 15 is 0 Å². The van der Waals surface area contributed by atoms with E-state index in [1.807, 2.05) is 13.1 Å². The van der Waals surface area contributed by atoms with Crippen LogP contribution in [0.15, 0.2) is 12.5 Å². The molecule has 17 heavy (non-hydrogen) atoms. The Morgan fingerprint density at radius 3 is 3.06 bits per heavy atom. The fourth-order valence-corrected chi connectivity index (χ4v) is 2.09. The molecule has 0 aromatic carbocycles. The summed E-state index contributed by atoms with van der Waals surface area (Å²) < 4.78 is 2.07. The van der Waals surface area contributed by atoms with Crippen LogP contribution in [0.3, 0.4) is 0 Å². The van der Waals surface area contributed by atoms with Crippen molar-refractivity contribution in [2.45, 2.75) is 32.2 Å². The summed E-state index contributed by atoms with van der Waals surface area (Å²) in [7, 11) is 0. The van der Waals surface area contributed by atoms with E-state index in [2.05, 4.69) is 20.2 Å². The molecule has 1 aliphatic heterocycles. The lowest BCUT2D eigenvalue weighted by molar-refractivity contribution is 0.0949. The minimum atomic E-state index is -0.0699. The average Bonchev–Trinajstić information content (AvgIpc) is 2.86. The Bertz CT molecular complexity index is 368. The van der Waals surface area contributed by atoms with Gasteiger partial charge in [0.1, 0.15) is 5.69 Å². The minimum absolute atomic E-state index is 0.0699. The standard InChI is InChI=1S/C12H20N4O/c1-2-5-14-12(17)11-8-16(9-15-11)10-3-6-13-7-4-10/h8-10,13H,2-7H2,1H3,(H,14,17). The summed E-state index contributed by atoms with van der Waals surface area (Å²) in [5.41, 5.74) is 0.525. The van der Waals surface area contributed by atoms with Crippen LogP contribution < -0.4 is 10.6 Å². The van der Waals surface area contributed by atoms with Crippen molar-refractivity contribution in [2.24, 2.45) is 0 Å². The largest absolute Gasteiger partial charge is 0.351 e. The summed E-state index contributed by atoms with van der Waals surface area (Å²) >= 11 is 0. The predicted octanol–water partition coefficient (Wildman–Crippen LogP) is 0.947. The number of piperidine rings is 1. The highest BCUT2D eigenvalue weighted by Gasteiger charge is 2.16. The molecule has 2 N–H and O–H groups in total. The zero-order valence-corrected chi connectivity index (χ0v) is 10.3. The summed E-state index contributed by atoms with van der Waals surface area (Å²) in [5.74, 6) is -0.0699. The van der Waals surface area contributed by atoms with Crippen molar-refractivity contribution in [1.29, 1.82) is 0 Å². The quantitative estimate of drug-likeness (QED) is 0.818. The predicted molar refractivity (Wildman–Crippen MR) is 66.0 cm³/mol. The van der Waals surface area contributed by atoms with Crippen LogP contribution in [0.25, 0.3) is 0 Å². The van der Waals surface area contributed by atoms with Crippen LogP contribution in [-0.2, 0) is 0 Å². The molecule has 1 fully saturated rings. The molecular formula is C12H20N4O. The molecule has 94 valence electrons. The van der Waals surface area contributed by atoms with Crippen molar-refractivity contribution in [3.8, 4) is 0 Å². The highest BCUT2D eigenvalue weighted by Crippen LogP contribution is 2.18. The number of rotatable bonds is 4. The highest BCUT2D eigenvalue weighted by atomic mass is 16.1. The lowest BCUT2D eigenvalue weighted by Gasteiger charge is -2.23. The normalized spacial score (nSPS) is 17.0. The summed E-state index contributed by atoms with van der Waals surface area (Å²) in [6.07, 6.45) is 6.79. The van der Waals surface area contributed by atoms with Gasteiger partial charge in [0.15, 0.2) is 0 Å². The molecule has 0 aliphatic carbocycles. The van der Waals surface area contributed by atoms with Gasteiger partial charge in [-0.2, -0.15) is 0 Å². The van der Waals surface area contributed by atoms with Gasteiger partial charge >= 0.3 is 0 Å². The van der Waals surface area contributed by atoms with Crippen molar-refractivity contribution in [1.82, 2.24) is 20.2 Å². The van der Waals surface area contributed by atoms with E-state index in [1.54, 1.807) is 6.33 Å². The molecule has 0 bridgehead atoms. The molecule has 0 saturated carbocycles.